The summed E-state index contributed by atoms with van der Waals surface area (Å²) < 4.78 is 0. The average Bonchev–Trinajstić information content (AvgIpc) is 2.53. The predicted octanol–water partition coefficient (Wildman–Crippen LogP) is 4.61. The quantitative estimate of drug-likeness (QED) is 0.817. The fourth-order valence-electron chi connectivity index (χ4n) is 2.66. The summed E-state index contributed by atoms with van der Waals surface area (Å²) in [6.07, 6.45) is 1.36. The van der Waals surface area contributed by atoms with Gasteiger partial charge in [0.15, 0.2) is 0 Å². The number of nitrogens with one attached hydrogen (secondary N) is 2. The second kappa shape index (κ2) is 7.82. The van der Waals surface area contributed by atoms with E-state index in [1.54, 1.807) is 0 Å². The maximum Gasteiger partial charge on any atom is 0.226 e. The summed E-state index contributed by atoms with van der Waals surface area (Å²) in [5, 5.41) is 6.42. The van der Waals surface area contributed by atoms with Gasteiger partial charge in [-0.1, -0.05) is 37.3 Å². The van der Waals surface area contributed by atoms with E-state index in [9.17, 15) is 4.79 Å². The van der Waals surface area contributed by atoms with Crippen LogP contribution in [0.2, 0.25) is 0 Å². The molecule has 0 aliphatic rings. The van der Waals surface area contributed by atoms with Crippen LogP contribution in [0.15, 0.2) is 36.4 Å². The summed E-state index contributed by atoms with van der Waals surface area (Å²) in [5.41, 5.74) is 6.85. The molecular weight excluding hydrogens is 284 g/mol. The normalized spacial score (nSPS) is 10.4. The molecule has 3 nitrogen and oxygen atoms in total. The van der Waals surface area contributed by atoms with Gasteiger partial charge in [0.1, 0.15) is 0 Å². The molecule has 3 heteroatoms. The first-order chi connectivity index (χ1) is 11.0. The Morgan fingerprint density at radius 1 is 1.00 bits per heavy atom. The van der Waals surface area contributed by atoms with Crippen LogP contribution in [0.25, 0.3) is 0 Å². The summed E-state index contributed by atoms with van der Waals surface area (Å²) in [6, 6.07) is 12.3. The van der Waals surface area contributed by atoms with Crippen molar-refractivity contribution in [1.82, 2.24) is 0 Å². The largest absolute Gasteiger partial charge is 0.384 e. The molecule has 0 atom stereocenters. The molecule has 23 heavy (non-hydrogen) atoms. The minimum Gasteiger partial charge on any atom is -0.384 e. The molecule has 0 bridgehead atoms. The van der Waals surface area contributed by atoms with E-state index in [1.165, 1.54) is 16.7 Å². The molecular formula is C20H26N2O. The molecule has 1 amide bonds. The summed E-state index contributed by atoms with van der Waals surface area (Å²) in [6.45, 7) is 8.95. The Hall–Kier alpha value is -2.29. The molecule has 0 fully saturated rings. The highest BCUT2D eigenvalue weighted by Gasteiger charge is 2.08. The number of benzene rings is 2. The highest BCUT2D eigenvalue weighted by atomic mass is 16.1. The van der Waals surface area contributed by atoms with Gasteiger partial charge in [0, 0.05) is 24.3 Å². The number of anilines is 2. The van der Waals surface area contributed by atoms with Crippen LogP contribution in [0.4, 0.5) is 11.4 Å². The SMILES string of the molecule is CCc1cccc(C)c1NC(=O)CCNc1cccc(C)c1C. The van der Waals surface area contributed by atoms with E-state index < -0.39 is 0 Å². The Labute approximate surface area is 139 Å². The van der Waals surface area contributed by atoms with Crippen LogP contribution in [0.5, 0.6) is 0 Å². The van der Waals surface area contributed by atoms with Crippen molar-refractivity contribution >= 4 is 17.3 Å². The molecule has 0 saturated carbocycles. The van der Waals surface area contributed by atoms with E-state index in [-0.39, 0.29) is 5.91 Å². The van der Waals surface area contributed by atoms with Gasteiger partial charge in [-0.05, 0) is 55.5 Å². The molecule has 0 spiro atoms. The van der Waals surface area contributed by atoms with E-state index in [0.29, 0.717) is 13.0 Å². The Kier molecular flexibility index (Phi) is 5.80. The van der Waals surface area contributed by atoms with Gasteiger partial charge in [-0.15, -0.1) is 0 Å². The topological polar surface area (TPSA) is 41.1 Å². The fourth-order valence-corrected chi connectivity index (χ4v) is 2.66. The standard InChI is InChI=1S/C20H26N2O/c1-5-17-10-6-9-15(3)20(17)22-19(23)12-13-21-18-11-7-8-14(2)16(18)4/h6-11,21H,5,12-13H2,1-4H3,(H,22,23). The highest BCUT2D eigenvalue weighted by Crippen LogP contribution is 2.21. The van der Waals surface area contributed by atoms with Gasteiger partial charge in [0.2, 0.25) is 5.91 Å². The summed E-state index contributed by atoms with van der Waals surface area (Å²) in [7, 11) is 0. The van der Waals surface area contributed by atoms with Crippen molar-refractivity contribution in [3.05, 3.63) is 58.7 Å². The maximum absolute atomic E-state index is 12.2. The summed E-state index contributed by atoms with van der Waals surface area (Å²) >= 11 is 0. The number of para-hydroxylation sites is 1. The molecule has 0 aliphatic heterocycles. The summed E-state index contributed by atoms with van der Waals surface area (Å²) in [4.78, 5) is 12.2. The van der Waals surface area contributed by atoms with E-state index in [1.807, 2.05) is 25.1 Å². The van der Waals surface area contributed by atoms with Crippen LogP contribution < -0.4 is 10.6 Å². The van der Waals surface area contributed by atoms with Gasteiger partial charge in [-0.25, -0.2) is 0 Å². The first-order valence-electron chi connectivity index (χ1n) is 8.21. The molecule has 2 aromatic rings. The molecule has 0 radical (unpaired) electrons. The zero-order chi connectivity index (χ0) is 16.8. The Morgan fingerprint density at radius 2 is 1.70 bits per heavy atom. The lowest BCUT2D eigenvalue weighted by molar-refractivity contribution is -0.115. The van der Waals surface area contributed by atoms with E-state index in [4.69, 9.17) is 0 Å². The number of aryl methyl sites for hydroxylation is 3. The maximum atomic E-state index is 12.2. The number of carbonyl (C=O) groups excluding carboxylic acids is 1. The van der Waals surface area contributed by atoms with Crippen LogP contribution in [-0.4, -0.2) is 12.5 Å². The van der Waals surface area contributed by atoms with Gasteiger partial charge < -0.3 is 10.6 Å². The minimum atomic E-state index is 0.0480. The number of hydrogen-bond acceptors (Lipinski definition) is 2. The first kappa shape index (κ1) is 17.1. The summed E-state index contributed by atoms with van der Waals surface area (Å²) in [5.74, 6) is 0.0480. The number of hydrogen-bond donors (Lipinski definition) is 2. The zero-order valence-electron chi connectivity index (χ0n) is 14.5. The van der Waals surface area contributed by atoms with Gasteiger partial charge in [-0.3, -0.25) is 4.79 Å². The lowest BCUT2D eigenvalue weighted by Gasteiger charge is -2.14. The van der Waals surface area contributed by atoms with Crippen molar-refractivity contribution in [2.75, 3.05) is 17.2 Å². The van der Waals surface area contributed by atoms with Gasteiger partial charge in [0.25, 0.3) is 0 Å². The Bertz CT molecular complexity index is 692. The van der Waals surface area contributed by atoms with Crippen molar-refractivity contribution in [3.63, 3.8) is 0 Å². The molecule has 0 heterocycles. The van der Waals surface area contributed by atoms with Crippen LogP contribution in [0.1, 0.15) is 35.6 Å². The zero-order valence-corrected chi connectivity index (χ0v) is 14.5. The highest BCUT2D eigenvalue weighted by molar-refractivity contribution is 5.92. The van der Waals surface area contributed by atoms with Crippen molar-refractivity contribution in [1.29, 1.82) is 0 Å². The first-order valence-corrected chi connectivity index (χ1v) is 8.21. The monoisotopic (exact) mass is 310 g/mol. The smallest absolute Gasteiger partial charge is 0.226 e. The van der Waals surface area contributed by atoms with Crippen LogP contribution >= 0.6 is 0 Å². The predicted molar refractivity (Wildman–Crippen MR) is 98.2 cm³/mol. The van der Waals surface area contributed by atoms with Gasteiger partial charge in [0.05, 0.1) is 0 Å². The molecule has 2 N–H and O–H groups in total. The van der Waals surface area contributed by atoms with Gasteiger partial charge in [-0.2, -0.15) is 0 Å². The third kappa shape index (κ3) is 4.35. The molecule has 0 aliphatic carbocycles. The average molecular weight is 310 g/mol. The second-order valence-electron chi connectivity index (χ2n) is 5.94. The van der Waals surface area contributed by atoms with Crippen LogP contribution in [-0.2, 0) is 11.2 Å². The third-order valence-electron chi connectivity index (χ3n) is 4.28. The Balaban J connectivity index is 1.92. The van der Waals surface area contributed by atoms with E-state index in [2.05, 4.69) is 49.6 Å². The van der Waals surface area contributed by atoms with E-state index >= 15 is 0 Å². The fraction of sp³-hybridized carbons (Fsp3) is 0.350. The van der Waals surface area contributed by atoms with E-state index in [0.717, 1.165) is 23.4 Å². The molecule has 2 aromatic carbocycles. The Morgan fingerprint density at radius 3 is 2.43 bits per heavy atom. The van der Waals surface area contributed by atoms with Crippen molar-refractivity contribution in [2.45, 2.75) is 40.5 Å². The van der Waals surface area contributed by atoms with Crippen molar-refractivity contribution in [2.24, 2.45) is 0 Å². The van der Waals surface area contributed by atoms with Crippen LogP contribution in [0, 0.1) is 20.8 Å². The molecule has 0 unspecified atom stereocenters. The third-order valence-corrected chi connectivity index (χ3v) is 4.28. The van der Waals surface area contributed by atoms with Crippen molar-refractivity contribution in [3.8, 4) is 0 Å². The van der Waals surface area contributed by atoms with Crippen LogP contribution in [0.3, 0.4) is 0 Å². The number of amides is 1. The van der Waals surface area contributed by atoms with Crippen molar-refractivity contribution < 1.29 is 4.79 Å². The number of carbonyl (C=O) groups is 1. The molecule has 2 rings (SSSR count). The molecule has 122 valence electrons. The molecule has 0 saturated heterocycles. The second-order valence-corrected chi connectivity index (χ2v) is 5.94. The lowest BCUT2D eigenvalue weighted by Crippen LogP contribution is -2.18. The van der Waals surface area contributed by atoms with Gasteiger partial charge >= 0.3 is 0 Å². The lowest BCUT2D eigenvalue weighted by atomic mass is 10.1. The minimum absolute atomic E-state index is 0.0480. The molecule has 0 aromatic heterocycles. The number of rotatable bonds is 6.